The molecule has 0 amide bonds. The average molecular weight is 250 g/mol. The predicted molar refractivity (Wildman–Crippen MR) is 82.6 cm³/mol. The summed E-state index contributed by atoms with van der Waals surface area (Å²) in [5.74, 6) is 6.27. The van der Waals surface area contributed by atoms with E-state index in [1.807, 2.05) is 56.6 Å². The second kappa shape index (κ2) is 6.51. The highest BCUT2D eigenvalue weighted by molar-refractivity contribution is 5.69. The summed E-state index contributed by atoms with van der Waals surface area (Å²) in [4.78, 5) is 2.09. The molecule has 2 heteroatoms. The molecule has 0 unspecified atom stereocenters. The lowest BCUT2D eigenvalue weighted by Crippen LogP contribution is -2.12. The van der Waals surface area contributed by atoms with E-state index in [9.17, 15) is 0 Å². The van der Waals surface area contributed by atoms with Crippen molar-refractivity contribution in [3.8, 4) is 11.8 Å². The van der Waals surface area contributed by atoms with Gasteiger partial charge in [0.25, 0.3) is 0 Å². The van der Waals surface area contributed by atoms with E-state index in [1.54, 1.807) is 0 Å². The number of benzene rings is 2. The quantitative estimate of drug-likeness (QED) is 0.841. The summed E-state index contributed by atoms with van der Waals surface area (Å²) in [5.41, 5.74) is 3.32. The van der Waals surface area contributed by atoms with E-state index in [-0.39, 0.29) is 0 Å². The van der Waals surface area contributed by atoms with Gasteiger partial charge in [0.05, 0.1) is 17.9 Å². The highest BCUT2D eigenvalue weighted by Crippen LogP contribution is 2.22. The minimum absolute atomic E-state index is 0.639. The molecule has 96 valence electrons. The van der Waals surface area contributed by atoms with Crippen molar-refractivity contribution in [2.45, 2.75) is 0 Å². The maximum absolute atomic E-state index is 3.35. The van der Waals surface area contributed by atoms with Crippen LogP contribution in [0.25, 0.3) is 0 Å². The standard InChI is InChI=1S/C17H18N2/c1-19(2)17-13-7-6-12-16(17)18-14-8-11-15-9-4-3-5-10-15/h3-7,9-10,12-13,18H,14H2,1-2H3. The topological polar surface area (TPSA) is 15.3 Å². The number of hydrogen-bond acceptors (Lipinski definition) is 2. The third kappa shape index (κ3) is 3.79. The Balaban J connectivity index is 1.99. The average Bonchev–Trinajstić information content (AvgIpc) is 2.45. The highest BCUT2D eigenvalue weighted by Gasteiger charge is 2.00. The molecule has 2 rings (SSSR count). The minimum atomic E-state index is 0.639. The van der Waals surface area contributed by atoms with E-state index in [0.717, 1.165) is 11.3 Å². The van der Waals surface area contributed by atoms with Crippen LogP contribution in [-0.2, 0) is 0 Å². The zero-order valence-electron chi connectivity index (χ0n) is 11.4. The SMILES string of the molecule is CN(C)c1ccccc1NCC#Cc1ccccc1. The second-order valence-electron chi connectivity index (χ2n) is 4.43. The first-order valence-electron chi connectivity index (χ1n) is 6.31. The van der Waals surface area contributed by atoms with Gasteiger partial charge in [-0.15, -0.1) is 0 Å². The summed E-state index contributed by atoms with van der Waals surface area (Å²) in [6.07, 6.45) is 0. The molecule has 0 saturated heterocycles. The van der Waals surface area contributed by atoms with Gasteiger partial charge in [0.2, 0.25) is 0 Å². The zero-order chi connectivity index (χ0) is 13.5. The third-order valence-electron chi connectivity index (χ3n) is 2.76. The normalized spacial score (nSPS) is 9.37. The molecule has 0 heterocycles. The molecule has 1 N–H and O–H groups in total. The van der Waals surface area contributed by atoms with E-state index in [0.29, 0.717) is 6.54 Å². The number of para-hydroxylation sites is 2. The summed E-state index contributed by atoms with van der Waals surface area (Å²) < 4.78 is 0. The van der Waals surface area contributed by atoms with Crippen molar-refractivity contribution in [3.63, 3.8) is 0 Å². The van der Waals surface area contributed by atoms with Crippen LogP contribution in [0.5, 0.6) is 0 Å². The molecule has 0 radical (unpaired) electrons. The van der Waals surface area contributed by atoms with Crippen LogP contribution in [0.4, 0.5) is 11.4 Å². The van der Waals surface area contributed by atoms with Gasteiger partial charge in [-0.3, -0.25) is 0 Å². The van der Waals surface area contributed by atoms with Gasteiger partial charge in [0, 0.05) is 19.7 Å². The van der Waals surface area contributed by atoms with Crippen LogP contribution in [-0.4, -0.2) is 20.6 Å². The van der Waals surface area contributed by atoms with Crippen LogP contribution in [0.15, 0.2) is 54.6 Å². The molecule has 0 aliphatic carbocycles. The van der Waals surface area contributed by atoms with Crippen molar-refractivity contribution < 1.29 is 0 Å². The summed E-state index contributed by atoms with van der Waals surface area (Å²) in [5, 5.41) is 3.35. The first-order valence-corrected chi connectivity index (χ1v) is 6.31. The second-order valence-corrected chi connectivity index (χ2v) is 4.43. The van der Waals surface area contributed by atoms with Crippen molar-refractivity contribution in [2.24, 2.45) is 0 Å². The smallest absolute Gasteiger partial charge is 0.0770 e. The van der Waals surface area contributed by atoms with Gasteiger partial charge in [-0.05, 0) is 24.3 Å². The van der Waals surface area contributed by atoms with Gasteiger partial charge in [0.1, 0.15) is 0 Å². The molecule has 0 atom stereocenters. The van der Waals surface area contributed by atoms with E-state index in [2.05, 4.69) is 34.2 Å². The number of anilines is 2. The molecular formula is C17H18N2. The lowest BCUT2D eigenvalue weighted by Gasteiger charge is -2.17. The number of nitrogens with one attached hydrogen (secondary N) is 1. The van der Waals surface area contributed by atoms with Gasteiger partial charge < -0.3 is 10.2 Å². The van der Waals surface area contributed by atoms with Crippen LogP contribution >= 0.6 is 0 Å². The van der Waals surface area contributed by atoms with E-state index in [1.165, 1.54) is 5.69 Å². The van der Waals surface area contributed by atoms with E-state index in [4.69, 9.17) is 0 Å². The summed E-state index contributed by atoms with van der Waals surface area (Å²) in [6, 6.07) is 18.2. The Labute approximate surface area is 115 Å². The fraction of sp³-hybridized carbons (Fsp3) is 0.176. The molecule has 0 aromatic heterocycles. The molecule has 0 aliphatic rings. The van der Waals surface area contributed by atoms with Crippen LogP contribution in [0.2, 0.25) is 0 Å². The van der Waals surface area contributed by atoms with Crippen molar-refractivity contribution >= 4 is 11.4 Å². The maximum Gasteiger partial charge on any atom is 0.0770 e. The lowest BCUT2D eigenvalue weighted by molar-refractivity contribution is 1.13. The van der Waals surface area contributed by atoms with Gasteiger partial charge >= 0.3 is 0 Å². The molecule has 2 aromatic rings. The Hall–Kier alpha value is -2.40. The van der Waals surface area contributed by atoms with Crippen molar-refractivity contribution in [2.75, 3.05) is 30.9 Å². The first kappa shape index (κ1) is 13.0. The summed E-state index contributed by atoms with van der Waals surface area (Å²) >= 11 is 0. The molecule has 2 aromatic carbocycles. The van der Waals surface area contributed by atoms with Gasteiger partial charge in [-0.1, -0.05) is 42.2 Å². The van der Waals surface area contributed by atoms with Gasteiger partial charge in [-0.2, -0.15) is 0 Å². The number of rotatable bonds is 3. The highest BCUT2D eigenvalue weighted by atomic mass is 15.1. The van der Waals surface area contributed by atoms with Gasteiger partial charge in [0.15, 0.2) is 0 Å². The largest absolute Gasteiger partial charge is 0.376 e. The molecular weight excluding hydrogens is 232 g/mol. The monoisotopic (exact) mass is 250 g/mol. The molecule has 0 aliphatic heterocycles. The van der Waals surface area contributed by atoms with Crippen LogP contribution in [0, 0.1) is 11.8 Å². The fourth-order valence-corrected chi connectivity index (χ4v) is 1.82. The number of nitrogens with zero attached hydrogens (tertiary/aromatic N) is 1. The Morgan fingerprint density at radius 2 is 1.63 bits per heavy atom. The van der Waals surface area contributed by atoms with Crippen molar-refractivity contribution in [1.82, 2.24) is 0 Å². The molecule has 0 saturated carbocycles. The van der Waals surface area contributed by atoms with Crippen LogP contribution in [0.3, 0.4) is 0 Å². The Morgan fingerprint density at radius 3 is 2.37 bits per heavy atom. The zero-order valence-corrected chi connectivity index (χ0v) is 11.4. The van der Waals surface area contributed by atoms with E-state index >= 15 is 0 Å². The minimum Gasteiger partial charge on any atom is -0.376 e. The van der Waals surface area contributed by atoms with Crippen molar-refractivity contribution in [3.05, 3.63) is 60.2 Å². The Kier molecular flexibility index (Phi) is 4.47. The van der Waals surface area contributed by atoms with Crippen LogP contribution < -0.4 is 10.2 Å². The molecule has 19 heavy (non-hydrogen) atoms. The molecule has 0 fully saturated rings. The van der Waals surface area contributed by atoms with Crippen molar-refractivity contribution in [1.29, 1.82) is 0 Å². The lowest BCUT2D eigenvalue weighted by atomic mass is 10.2. The van der Waals surface area contributed by atoms with E-state index < -0.39 is 0 Å². The Morgan fingerprint density at radius 1 is 0.947 bits per heavy atom. The Bertz CT molecular complexity index is 577. The summed E-state index contributed by atoms with van der Waals surface area (Å²) in [6.45, 7) is 0.639. The third-order valence-corrected chi connectivity index (χ3v) is 2.76. The summed E-state index contributed by atoms with van der Waals surface area (Å²) in [7, 11) is 4.08. The van der Waals surface area contributed by atoms with Crippen LogP contribution in [0.1, 0.15) is 5.56 Å². The van der Waals surface area contributed by atoms with Gasteiger partial charge in [-0.25, -0.2) is 0 Å². The number of hydrogen-bond donors (Lipinski definition) is 1. The molecule has 0 bridgehead atoms. The predicted octanol–water partition coefficient (Wildman–Crippen LogP) is 3.22. The maximum atomic E-state index is 3.35. The molecule has 0 spiro atoms. The molecule has 2 nitrogen and oxygen atoms in total. The fourth-order valence-electron chi connectivity index (χ4n) is 1.82. The first-order chi connectivity index (χ1) is 9.27.